The molecule has 0 aliphatic rings. The number of fused-ring (bicyclic) bond motifs is 3. The SMILES string of the molecule is CNc1nc2c(C)c(-c3cccc(Br)c3)nn2c2c1ncn2C. The molecule has 0 aliphatic heterocycles. The lowest BCUT2D eigenvalue weighted by molar-refractivity contribution is 0.876. The predicted octanol–water partition coefficient (Wildman–Crippen LogP) is 3.40. The monoisotopic (exact) mass is 370 g/mol. The number of hydrogen-bond acceptors (Lipinski definition) is 4. The lowest BCUT2D eigenvalue weighted by Crippen LogP contribution is -2.02. The zero-order valence-corrected chi connectivity index (χ0v) is 14.6. The van der Waals surface area contributed by atoms with Crippen molar-refractivity contribution in [2.24, 2.45) is 7.05 Å². The van der Waals surface area contributed by atoms with Gasteiger partial charge in [0.25, 0.3) is 0 Å². The lowest BCUT2D eigenvalue weighted by Gasteiger charge is -2.04. The van der Waals surface area contributed by atoms with Gasteiger partial charge in [-0.1, -0.05) is 28.1 Å². The van der Waals surface area contributed by atoms with E-state index in [1.165, 1.54) is 0 Å². The number of halogens is 1. The summed E-state index contributed by atoms with van der Waals surface area (Å²) >= 11 is 3.52. The second kappa shape index (κ2) is 5.06. The van der Waals surface area contributed by atoms with Gasteiger partial charge < -0.3 is 9.88 Å². The topological polar surface area (TPSA) is 60.0 Å². The van der Waals surface area contributed by atoms with Gasteiger partial charge >= 0.3 is 0 Å². The van der Waals surface area contributed by atoms with Gasteiger partial charge in [-0.15, -0.1) is 0 Å². The van der Waals surface area contributed by atoms with Crippen LogP contribution in [0.3, 0.4) is 0 Å². The third-order valence-corrected chi connectivity index (χ3v) is 4.47. The highest BCUT2D eigenvalue weighted by Gasteiger charge is 2.18. The van der Waals surface area contributed by atoms with Crippen LogP contribution < -0.4 is 5.32 Å². The van der Waals surface area contributed by atoms with Gasteiger partial charge in [0.2, 0.25) is 0 Å². The summed E-state index contributed by atoms with van der Waals surface area (Å²) in [5.74, 6) is 0.761. The summed E-state index contributed by atoms with van der Waals surface area (Å²) in [4.78, 5) is 9.14. The molecule has 3 aromatic heterocycles. The maximum atomic E-state index is 4.80. The van der Waals surface area contributed by atoms with Crippen LogP contribution >= 0.6 is 15.9 Å². The molecule has 7 heteroatoms. The second-order valence-electron chi connectivity index (χ2n) is 5.46. The standard InChI is InChI=1S/C16H15BrN6/c1-9-12(10-5-4-6-11(17)7-10)21-23-15(9)20-14(18-2)13-16(23)22(3)8-19-13/h4-8H,1-3H3,(H,18,20). The molecule has 23 heavy (non-hydrogen) atoms. The van der Waals surface area contributed by atoms with Gasteiger partial charge in [0.1, 0.15) is 0 Å². The fourth-order valence-electron chi connectivity index (χ4n) is 2.85. The molecule has 0 saturated carbocycles. The molecule has 0 unspecified atom stereocenters. The molecular formula is C16H15BrN6. The first kappa shape index (κ1) is 14.2. The van der Waals surface area contributed by atoms with Crippen molar-refractivity contribution in [3.05, 3.63) is 40.6 Å². The van der Waals surface area contributed by atoms with Gasteiger partial charge in [0.15, 0.2) is 22.6 Å². The molecule has 3 heterocycles. The Morgan fingerprint density at radius 3 is 2.83 bits per heavy atom. The van der Waals surface area contributed by atoms with E-state index in [-0.39, 0.29) is 0 Å². The molecule has 0 radical (unpaired) electrons. The zero-order valence-electron chi connectivity index (χ0n) is 13.0. The van der Waals surface area contributed by atoms with Crippen LogP contribution in [-0.4, -0.2) is 31.2 Å². The number of aryl methyl sites for hydroxylation is 2. The van der Waals surface area contributed by atoms with Crippen LogP contribution in [-0.2, 0) is 7.05 Å². The van der Waals surface area contributed by atoms with Crippen molar-refractivity contribution in [2.45, 2.75) is 6.92 Å². The summed E-state index contributed by atoms with van der Waals surface area (Å²) < 4.78 is 4.86. The number of nitrogens with zero attached hydrogens (tertiary/aromatic N) is 5. The Morgan fingerprint density at radius 2 is 2.09 bits per heavy atom. The Hall–Kier alpha value is -2.41. The van der Waals surface area contributed by atoms with Gasteiger partial charge in [-0.3, -0.25) is 0 Å². The normalized spacial score (nSPS) is 11.5. The van der Waals surface area contributed by atoms with Crippen LogP contribution in [0.5, 0.6) is 0 Å². The van der Waals surface area contributed by atoms with Crippen molar-refractivity contribution in [3.63, 3.8) is 0 Å². The van der Waals surface area contributed by atoms with Crippen molar-refractivity contribution < 1.29 is 0 Å². The highest BCUT2D eigenvalue weighted by atomic mass is 79.9. The first-order valence-corrected chi connectivity index (χ1v) is 8.03. The summed E-state index contributed by atoms with van der Waals surface area (Å²) in [6, 6.07) is 8.13. The molecule has 1 N–H and O–H groups in total. The second-order valence-corrected chi connectivity index (χ2v) is 6.37. The van der Waals surface area contributed by atoms with Crippen LogP contribution in [0.25, 0.3) is 28.1 Å². The number of anilines is 1. The third-order valence-electron chi connectivity index (χ3n) is 3.97. The summed E-state index contributed by atoms with van der Waals surface area (Å²) in [6.45, 7) is 2.05. The van der Waals surface area contributed by atoms with E-state index in [2.05, 4.69) is 38.4 Å². The average Bonchev–Trinajstić information content (AvgIpc) is 3.08. The van der Waals surface area contributed by atoms with Gasteiger partial charge in [0.05, 0.1) is 12.0 Å². The molecule has 0 saturated heterocycles. The molecule has 0 bridgehead atoms. The van der Waals surface area contributed by atoms with E-state index in [4.69, 9.17) is 10.1 Å². The number of imidazole rings is 1. The van der Waals surface area contributed by atoms with E-state index in [0.717, 1.165) is 43.9 Å². The number of hydrogen-bond donors (Lipinski definition) is 1. The summed E-state index contributed by atoms with van der Waals surface area (Å²) in [5, 5.41) is 7.93. The molecule has 1 aromatic carbocycles. The smallest absolute Gasteiger partial charge is 0.167 e. The molecule has 6 nitrogen and oxygen atoms in total. The van der Waals surface area contributed by atoms with Gasteiger partial charge in [-0.2, -0.15) is 9.61 Å². The van der Waals surface area contributed by atoms with Crippen molar-refractivity contribution in [2.75, 3.05) is 12.4 Å². The number of rotatable bonds is 2. The van der Waals surface area contributed by atoms with E-state index in [1.54, 1.807) is 6.33 Å². The molecular weight excluding hydrogens is 356 g/mol. The fourth-order valence-corrected chi connectivity index (χ4v) is 3.25. The molecule has 4 aromatic rings. The minimum atomic E-state index is 0.761. The van der Waals surface area contributed by atoms with Crippen LogP contribution in [0.15, 0.2) is 35.1 Å². The summed E-state index contributed by atoms with van der Waals surface area (Å²) in [7, 11) is 3.82. The molecule has 0 aliphatic carbocycles. The summed E-state index contributed by atoms with van der Waals surface area (Å²) in [6.07, 6.45) is 1.78. The van der Waals surface area contributed by atoms with Crippen LogP contribution in [0.1, 0.15) is 5.56 Å². The van der Waals surface area contributed by atoms with E-state index < -0.39 is 0 Å². The molecule has 116 valence electrons. The Bertz CT molecular complexity index is 1050. The Kier molecular flexibility index (Phi) is 3.12. The maximum Gasteiger partial charge on any atom is 0.167 e. The summed E-state index contributed by atoms with van der Waals surface area (Å²) in [5.41, 5.74) is 5.59. The number of benzene rings is 1. The largest absolute Gasteiger partial charge is 0.371 e. The quantitative estimate of drug-likeness (QED) is 0.587. The Morgan fingerprint density at radius 1 is 1.26 bits per heavy atom. The van der Waals surface area contributed by atoms with Crippen molar-refractivity contribution in [1.29, 1.82) is 0 Å². The number of nitrogens with one attached hydrogen (secondary N) is 1. The molecule has 0 fully saturated rings. The zero-order chi connectivity index (χ0) is 16.1. The lowest BCUT2D eigenvalue weighted by atomic mass is 10.1. The average molecular weight is 371 g/mol. The molecule has 4 rings (SSSR count). The van der Waals surface area contributed by atoms with Crippen molar-refractivity contribution in [3.8, 4) is 11.3 Å². The van der Waals surface area contributed by atoms with Crippen LogP contribution in [0.4, 0.5) is 5.82 Å². The first-order valence-electron chi connectivity index (χ1n) is 7.24. The van der Waals surface area contributed by atoms with Gasteiger partial charge in [-0.05, 0) is 19.1 Å². The minimum absolute atomic E-state index is 0.761. The van der Waals surface area contributed by atoms with E-state index >= 15 is 0 Å². The molecule has 0 amide bonds. The molecule has 0 spiro atoms. The van der Waals surface area contributed by atoms with Crippen molar-refractivity contribution >= 4 is 38.6 Å². The molecule has 0 atom stereocenters. The fraction of sp³-hybridized carbons (Fsp3) is 0.188. The highest BCUT2D eigenvalue weighted by molar-refractivity contribution is 9.10. The van der Waals surface area contributed by atoms with E-state index in [9.17, 15) is 0 Å². The van der Waals surface area contributed by atoms with Crippen LogP contribution in [0.2, 0.25) is 0 Å². The van der Waals surface area contributed by atoms with Crippen molar-refractivity contribution in [1.82, 2.24) is 24.1 Å². The third kappa shape index (κ3) is 2.03. The Labute approximate surface area is 141 Å². The van der Waals surface area contributed by atoms with Gasteiger partial charge in [-0.25, -0.2) is 9.97 Å². The highest BCUT2D eigenvalue weighted by Crippen LogP contribution is 2.30. The first-order chi connectivity index (χ1) is 11.1. The van der Waals surface area contributed by atoms with E-state index in [0.29, 0.717) is 0 Å². The minimum Gasteiger partial charge on any atom is -0.371 e. The predicted molar refractivity (Wildman–Crippen MR) is 94.7 cm³/mol. The van der Waals surface area contributed by atoms with Crippen LogP contribution in [0, 0.1) is 6.92 Å². The van der Waals surface area contributed by atoms with E-state index in [1.807, 2.05) is 42.2 Å². The van der Waals surface area contributed by atoms with Gasteiger partial charge in [0, 0.05) is 29.7 Å². The number of aromatic nitrogens is 5. The Balaban J connectivity index is 2.12. The maximum absolute atomic E-state index is 4.80.